The first-order valence-corrected chi connectivity index (χ1v) is 26.7. The highest BCUT2D eigenvalue weighted by molar-refractivity contribution is 6.03. The number of hydrogen-bond acceptors (Lipinski definition) is 7. The minimum absolute atomic E-state index is 0.0260. The first-order valence-electron chi connectivity index (χ1n) is 26.7. The van der Waals surface area contributed by atoms with Crippen LogP contribution in [0.25, 0.3) is 0 Å². The predicted molar refractivity (Wildman–Crippen MR) is 298 cm³/mol. The van der Waals surface area contributed by atoms with E-state index in [1.807, 2.05) is 42.5 Å². The van der Waals surface area contributed by atoms with Gasteiger partial charge in [0.2, 0.25) is 11.6 Å². The molecule has 5 aromatic carbocycles. The Morgan fingerprint density at radius 2 is 1.30 bits per heavy atom. The molecule has 2 aliphatic heterocycles. The first kappa shape index (κ1) is 53.3. The average molecular weight is 996 g/mol. The van der Waals surface area contributed by atoms with Gasteiger partial charge in [0.05, 0.1) is 31.8 Å². The van der Waals surface area contributed by atoms with Gasteiger partial charge in [-0.05, 0) is 135 Å². The lowest BCUT2D eigenvalue weighted by atomic mass is 9.81. The Labute approximate surface area is 439 Å². The van der Waals surface area contributed by atoms with Gasteiger partial charge in [-0.25, -0.2) is 0 Å². The SMILES string of the molecule is CCCN1C(=CC=C2CCCC(C=CC3=[N+](CCC)c4ccccc4C3(C)C)=C2Oc2ccc(CCC(=O)NCCOCCOCCNC(=O)c3ccc(Oc4ccccc4)cc3)cc2)C(C)(C)c2ccccc21. The molecule has 74 heavy (non-hydrogen) atoms. The lowest BCUT2D eigenvalue weighted by Crippen LogP contribution is -2.28. The summed E-state index contributed by atoms with van der Waals surface area (Å²) in [5, 5.41) is 5.84. The fraction of sp³-hybridized carbons (Fsp3) is 0.359. The van der Waals surface area contributed by atoms with Crippen molar-refractivity contribution in [3.05, 3.63) is 197 Å². The fourth-order valence-electron chi connectivity index (χ4n) is 10.3. The highest BCUT2D eigenvalue weighted by Gasteiger charge is 2.44. The predicted octanol–water partition coefficient (Wildman–Crippen LogP) is 12.9. The lowest BCUT2D eigenvalue weighted by molar-refractivity contribution is -0.437. The molecule has 1 aliphatic carbocycles. The largest absolute Gasteiger partial charge is 0.457 e. The summed E-state index contributed by atoms with van der Waals surface area (Å²) in [5.41, 5.74) is 11.7. The zero-order valence-electron chi connectivity index (χ0n) is 44.4. The molecule has 2 heterocycles. The summed E-state index contributed by atoms with van der Waals surface area (Å²) in [6.45, 7) is 18.1. The van der Waals surface area contributed by atoms with Crippen molar-refractivity contribution in [1.29, 1.82) is 0 Å². The maximum atomic E-state index is 12.8. The van der Waals surface area contributed by atoms with Crippen LogP contribution in [0.3, 0.4) is 0 Å². The summed E-state index contributed by atoms with van der Waals surface area (Å²) in [6.07, 6.45) is 15.3. The molecule has 0 aromatic heterocycles. The first-order chi connectivity index (χ1) is 36.0. The van der Waals surface area contributed by atoms with Crippen LogP contribution in [0.4, 0.5) is 11.4 Å². The molecule has 10 heteroatoms. The molecule has 0 unspecified atom stereocenters. The second kappa shape index (κ2) is 25.3. The molecule has 2 N–H and O–H groups in total. The monoisotopic (exact) mass is 996 g/mol. The van der Waals surface area contributed by atoms with E-state index in [9.17, 15) is 9.59 Å². The second-order valence-corrected chi connectivity index (χ2v) is 20.3. The normalized spacial score (nSPS) is 16.8. The lowest BCUT2D eigenvalue weighted by Gasteiger charge is -2.27. The van der Waals surface area contributed by atoms with E-state index in [0.717, 1.165) is 68.0 Å². The van der Waals surface area contributed by atoms with Crippen LogP contribution in [0.5, 0.6) is 17.2 Å². The van der Waals surface area contributed by atoms with Gasteiger partial charge < -0.3 is 34.5 Å². The van der Waals surface area contributed by atoms with Gasteiger partial charge >= 0.3 is 0 Å². The van der Waals surface area contributed by atoms with Crippen LogP contribution in [0.15, 0.2) is 174 Å². The Hall–Kier alpha value is -7.01. The van der Waals surface area contributed by atoms with Crippen molar-refractivity contribution in [1.82, 2.24) is 10.6 Å². The van der Waals surface area contributed by atoms with Crippen LogP contribution in [0.2, 0.25) is 0 Å². The fourth-order valence-corrected chi connectivity index (χ4v) is 10.3. The van der Waals surface area contributed by atoms with Gasteiger partial charge in [-0.1, -0.05) is 101 Å². The number of ether oxygens (including phenoxy) is 4. The third kappa shape index (κ3) is 13.0. The van der Waals surface area contributed by atoms with Crippen molar-refractivity contribution in [3.8, 4) is 17.2 Å². The Balaban J connectivity index is 0.838. The van der Waals surface area contributed by atoms with Gasteiger partial charge in [0.25, 0.3) is 5.91 Å². The van der Waals surface area contributed by atoms with Crippen LogP contribution in [0.1, 0.15) is 107 Å². The molecule has 8 rings (SSSR count). The standard InChI is InChI=1S/C64H74N4O6/c1-7-41-67-56-23-14-12-21-54(56)63(3,4)58(67)36-30-48-17-16-18-49(31-37-59-64(5,6)55-22-13-15-24-57(55)68(59)42-8-2)61(48)74-53-32-25-47(26-33-53)27-38-60(69)65-39-43-71-45-46-72-44-40-66-62(70)50-28-34-52(35-29-50)73-51-19-10-9-11-20-51/h9-15,19-26,28-37H,7-8,16-18,27,38-46H2,1-6H3,(H-,65,66,69,70)/p+1. The van der Waals surface area contributed by atoms with E-state index in [0.29, 0.717) is 63.7 Å². The Morgan fingerprint density at radius 3 is 2.03 bits per heavy atom. The molecule has 10 nitrogen and oxygen atoms in total. The maximum absolute atomic E-state index is 12.8. The highest BCUT2D eigenvalue weighted by atomic mass is 16.5. The molecule has 0 saturated heterocycles. The minimum atomic E-state index is -0.178. The van der Waals surface area contributed by atoms with Gasteiger partial charge in [-0.2, -0.15) is 4.58 Å². The molecule has 0 fully saturated rings. The number of rotatable bonds is 24. The summed E-state index contributed by atoms with van der Waals surface area (Å²) in [6, 6.07) is 42.4. The summed E-state index contributed by atoms with van der Waals surface area (Å²) >= 11 is 0. The van der Waals surface area contributed by atoms with E-state index in [1.165, 1.54) is 45.1 Å². The van der Waals surface area contributed by atoms with Gasteiger partial charge in [0, 0.05) is 72.5 Å². The van der Waals surface area contributed by atoms with Crippen molar-refractivity contribution >= 4 is 28.9 Å². The highest BCUT2D eigenvalue weighted by Crippen LogP contribution is 2.48. The summed E-state index contributed by atoms with van der Waals surface area (Å²) in [4.78, 5) is 27.9. The van der Waals surface area contributed by atoms with E-state index < -0.39 is 0 Å². The number of hydrogen-bond donors (Lipinski definition) is 2. The minimum Gasteiger partial charge on any atom is -0.457 e. The quantitative estimate of drug-likeness (QED) is 0.0469. The average Bonchev–Trinajstić information content (AvgIpc) is 3.76. The number of nitrogens with zero attached hydrogens (tertiary/aromatic N) is 2. The number of nitrogens with one attached hydrogen (secondary N) is 2. The zero-order chi connectivity index (χ0) is 51.9. The van der Waals surface area contributed by atoms with Crippen LogP contribution in [0, 0.1) is 0 Å². The van der Waals surface area contributed by atoms with E-state index in [1.54, 1.807) is 24.3 Å². The molecule has 0 saturated carbocycles. The smallest absolute Gasteiger partial charge is 0.251 e. The van der Waals surface area contributed by atoms with E-state index in [2.05, 4.69) is 147 Å². The molecule has 3 aliphatic rings. The number of fused-ring (bicyclic) bond motifs is 2. The third-order valence-corrected chi connectivity index (χ3v) is 14.2. The number of anilines is 1. The molecular formula is C64H75N4O6+. The maximum Gasteiger partial charge on any atom is 0.251 e. The van der Waals surface area contributed by atoms with Crippen molar-refractivity contribution < 1.29 is 33.1 Å². The van der Waals surface area contributed by atoms with Gasteiger partial charge in [0.15, 0.2) is 5.71 Å². The number of para-hydroxylation sites is 3. The molecule has 5 aromatic rings. The van der Waals surface area contributed by atoms with Crippen LogP contribution in [-0.2, 0) is 31.5 Å². The summed E-state index contributed by atoms with van der Waals surface area (Å²) in [5.74, 6) is 2.90. The topological polar surface area (TPSA) is 101 Å². The number of carbonyl (C=O) groups excluding carboxylic acids is 2. The number of aryl methyl sites for hydroxylation is 1. The van der Waals surface area contributed by atoms with Crippen molar-refractivity contribution in [3.63, 3.8) is 0 Å². The van der Waals surface area contributed by atoms with Gasteiger partial charge in [-0.15, -0.1) is 0 Å². The molecule has 386 valence electrons. The Morgan fingerprint density at radius 1 is 0.649 bits per heavy atom. The van der Waals surface area contributed by atoms with Crippen molar-refractivity contribution in [2.24, 2.45) is 0 Å². The summed E-state index contributed by atoms with van der Waals surface area (Å²) < 4.78 is 26.6. The van der Waals surface area contributed by atoms with Gasteiger partial charge in [0.1, 0.15) is 29.6 Å². The van der Waals surface area contributed by atoms with Gasteiger partial charge in [-0.3, -0.25) is 9.59 Å². The van der Waals surface area contributed by atoms with E-state index in [-0.39, 0.29) is 22.6 Å². The summed E-state index contributed by atoms with van der Waals surface area (Å²) in [7, 11) is 0. The van der Waals surface area contributed by atoms with Crippen molar-refractivity contribution in [2.75, 3.05) is 57.5 Å². The van der Waals surface area contributed by atoms with Crippen molar-refractivity contribution in [2.45, 2.75) is 97.3 Å². The number of benzene rings is 5. The molecule has 2 amide bonds. The third-order valence-electron chi connectivity index (χ3n) is 14.2. The van der Waals surface area contributed by atoms with Crippen LogP contribution in [-0.4, -0.2) is 74.7 Å². The second-order valence-electron chi connectivity index (χ2n) is 20.3. The van der Waals surface area contributed by atoms with E-state index in [4.69, 9.17) is 18.9 Å². The molecule has 0 atom stereocenters. The van der Waals surface area contributed by atoms with Crippen LogP contribution < -0.4 is 25.0 Å². The zero-order valence-corrected chi connectivity index (χ0v) is 44.4. The number of allylic oxidation sites excluding steroid dienone is 7. The number of carbonyl (C=O) groups is 2. The molecule has 0 radical (unpaired) electrons. The molecule has 0 spiro atoms. The van der Waals surface area contributed by atoms with Crippen LogP contribution >= 0.6 is 0 Å². The molecule has 0 bridgehead atoms. The van der Waals surface area contributed by atoms with E-state index >= 15 is 0 Å². The Bertz CT molecular complexity index is 2870. The number of amides is 2. The molecular weight excluding hydrogens is 921 g/mol. The Kier molecular flexibility index (Phi) is 18.2.